The monoisotopic (exact) mass is 374 g/mol. The molecule has 0 aliphatic carbocycles. The third kappa shape index (κ3) is 4.72. The number of aromatic nitrogens is 2. The van der Waals surface area contributed by atoms with Gasteiger partial charge in [0.1, 0.15) is 11.6 Å². The molecule has 2 heterocycles. The van der Waals surface area contributed by atoms with Crippen LogP contribution in [0.2, 0.25) is 0 Å². The molecule has 0 bridgehead atoms. The number of benzene rings is 1. The molecular weight excluding hydrogens is 348 g/mol. The van der Waals surface area contributed by atoms with Crippen molar-refractivity contribution in [1.29, 1.82) is 0 Å². The van der Waals surface area contributed by atoms with Crippen molar-refractivity contribution in [3.05, 3.63) is 35.7 Å². The van der Waals surface area contributed by atoms with Crippen LogP contribution in [0, 0.1) is 5.92 Å². The summed E-state index contributed by atoms with van der Waals surface area (Å²) in [6.07, 6.45) is 2.62. The highest BCUT2D eigenvalue weighted by Gasteiger charge is 2.27. The summed E-state index contributed by atoms with van der Waals surface area (Å²) in [6, 6.07) is 8.14. The quantitative estimate of drug-likeness (QED) is 0.842. The summed E-state index contributed by atoms with van der Waals surface area (Å²) in [4.78, 5) is 19.2. The standard InChI is InChI=1S/C19H26N4O2S/c1-13(2)20-18(24)15-7-5-9-23(12-15)19-21-17(22-26-19)11-14-6-4-8-16(10-14)25-3/h4,6,8,10,13,15H,5,7,9,11-12H2,1-3H3,(H,20,24). The fourth-order valence-electron chi connectivity index (χ4n) is 3.18. The number of carbonyl (C=O) groups is 1. The predicted octanol–water partition coefficient (Wildman–Crippen LogP) is 2.88. The minimum absolute atomic E-state index is 0.0249. The van der Waals surface area contributed by atoms with Gasteiger partial charge in [-0.25, -0.2) is 4.98 Å². The number of hydrogen-bond donors (Lipinski definition) is 1. The van der Waals surface area contributed by atoms with Gasteiger partial charge in [0.2, 0.25) is 11.0 Å². The Morgan fingerprint density at radius 3 is 3.08 bits per heavy atom. The van der Waals surface area contributed by atoms with Crippen LogP contribution in [0.5, 0.6) is 5.75 Å². The summed E-state index contributed by atoms with van der Waals surface area (Å²) in [5, 5.41) is 3.93. The Balaban J connectivity index is 1.64. The average Bonchev–Trinajstić information content (AvgIpc) is 3.10. The number of piperidine rings is 1. The van der Waals surface area contributed by atoms with Crippen molar-refractivity contribution in [2.45, 2.75) is 39.2 Å². The molecule has 1 atom stereocenters. The van der Waals surface area contributed by atoms with E-state index in [1.165, 1.54) is 11.5 Å². The third-order valence-corrected chi connectivity index (χ3v) is 5.26. The van der Waals surface area contributed by atoms with E-state index in [9.17, 15) is 4.79 Å². The maximum Gasteiger partial charge on any atom is 0.225 e. The second-order valence-electron chi connectivity index (χ2n) is 6.97. The van der Waals surface area contributed by atoms with Crippen molar-refractivity contribution in [2.24, 2.45) is 5.92 Å². The molecule has 6 nitrogen and oxygen atoms in total. The van der Waals surface area contributed by atoms with Crippen molar-refractivity contribution in [3.8, 4) is 5.75 Å². The first-order valence-electron chi connectivity index (χ1n) is 9.06. The smallest absolute Gasteiger partial charge is 0.225 e. The lowest BCUT2D eigenvalue weighted by Gasteiger charge is -2.31. The van der Waals surface area contributed by atoms with Gasteiger partial charge in [-0.3, -0.25) is 4.79 Å². The lowest BCUT2D eigenvalue weighted by Crippen LogP contribution is -2.44. The first-order valence-corrected chi connectivity index (χ1v) is 9.83. The second kappa shape index (κ2) is 8.49. The van der Waals surface area contributed by atoms with Crippen molar-refractivity contribution in [3.63, 3.8) is 0 Å². The van der Waals surface area contributed by atoms with E-state index >= 15 is 0 Å². The van der Waals surface area contributed by atoms with Gasteiger partial charge in [-0.15, -0.1) is 0 Å². The van der Waals surface area contributed by atoms with Gasteiger partial charge in [-0.1, -0.05) is 12.1 Å². The number of anilines is 1. The second-order valence-corrected chi connectivity index (χ2v) is 7.70. The third-order valence-electron chi connectivity index (χ3n) is 4.45. The minimum Gasteiger partial charge on any atom is -0.497 e. The Hall–Kier alpha value is -2.15. The van der Waals surface area contributed by atoms with Crippen LogP contribution in [-0.4, -0.2) is 41.5 Å². The van der Waals surface area contributed by atoms with E-state index in [-0.39, 0.29) is 17.9 Å². The number of methoxy groups -OCH3 is 1. The highest BCUT2D eigenvalue weighted by atomic mass is 32.1. The molecule has 1 fully saturated rings. The number of amides is 1. The molecule has 1 unspecified atom stereocenters. The van der Waals surface area contributed by atoms with Crippen LogP contribution in [0.3, 0.4) is 0 Å². The summed E-state index contributed by atoms with van der Waals surface area (Å²) < 4.78 is 9.78. The number of rotatable bonds is 6. The molecule has 1 aromatic heterocycles. The summed E-state index contributed by atoms with van der Waals surface area (Å²) >= 11 is 1.41. The molecule has 140 valence electrons. The first-order chi connectivity index (χ1) is 12.5. The minimum atomic E-state index is 0.0249. The molecule has 7 heteroatoms. The van der Waals surface area contributed by atoms with Crippen LogP contribution < -0.4 is 15.0 Å². The van der Waals surface area contributed by atoms with E-state index in [4.69, 9.17) is 9.72 Å². The average molecular weight is 375 g/mol. The SMILES string of the molecule is COc1cccc(Cc2nsc(N3CCCC(C(=O)NC(C)C)C3)n2)c1. The van der Waals surface area contributed by atoms with Crippen LogP contribution in [0.1, 0.15) is 38.1 Å². The van der Waals surface area contributed by atoms with Crippen LogP contribution in [0.15, 0.2) is 24.3 Å². The lowest BCUT2D eigenvalue weighted by atomic mass is 9.97. The molecule has 0 saturated carbocycles. The maximum atomic E-state index is 12.3. The molecule has 3 rings (SSSR count). The molecule has 1 amide bonds. The van der Waals surface area contributed by atoms with Gasteiger partial charge in [0.05, 0.1) is 13.0 Å². The van der Waals surface area contributed by atoms with Crippen molar-refractivity contribution in [2.75, 3.05) is 25.1 Å². The lowest BCUT2D eigenvalue weighted by molar-refractivity contribution is -0.125. The van der Waals surface area contributed by atoms with Crippen molar-refractivity contribution < 1.29 is 9.53 Å². The zero-order valence-corrected chi connectivity index (χ0v) is 16.4. The van der Waals surface area contributed by atoms with Gasteiger partial charge >= 0.3 is 0 Å². The van der Waals surface area contributed by atoms with E-state index < -0.39 is 0 Å². The molecular formula is C19H26N4O2S. The summed E-state index contributed by atoms with van der Waals surface area (Å²) in [6.45, 7) is 5.63. The largest absolute Gasteiger partial charge is 0.497 e. The zero-order chi connectivity index (χ0) is 18.5. The fourth-order valence-corrected chi connectivity index (χ4v) is 3.90. The number of nitrogens with one attached hydrogen (secondary N) is 1. The molecule has 26 heavy (non-hydrogen) atoms. The Morgan fingerprint density at radius 2 is 2.31 bits per heavy atom. The van der Waals surface area contributed by atoms with Gasteiger partial charge in [0, 0.05) is 37.1 Å². The maximum absolute atomic E-state index is 12.3. The number of carbonyl (C=O) groups excluding carboxylic acids is 1. The molecule has 0 radical (unpaired) electrons. The normalized spacial score (nSPS) is 17.4. The molecule has 1 aromatic carbocycles. The fraction of sp³-hybridized carbons (Fsp3) is 0.526. The van der Waals surface area contributed by atoms with Crippen LogP contribution >= 0.6 is 11.5 Å². The highest BCUT2D eigenvalue weighted by Crippen LogP contribution is 2.26. The Kier molecular flexibility index (Phi) is 6.08. The van der Waals surface area contributed by atoms with Gasteiger partial charge in [0.15, 0.2) is 0 Å². The Morgan fingerprint density at radius 1 is 1.46 bits per heavy atom. The molecule has 1 aliphatic rings. The van der Waals surface area contributed by atoms with E-state index in [1.807, 2.05) is 32.0 Å². The number of nitrogens with zero attached hydrogens (tertiary/aromatic N) is 3. The zero-order valence-electron chi connectivity index (χ0n) is 15.6. The van der Waals surface area contributed by atoms with Crippen LogP contribution in [-0.2, 0) is 11.2 Å². The topological polar surface area (TPSA) is 67.3 Å². The van der Waals surface area contributed by atoms with Gasteiger partial charge in [-0.2, -0.15) is 4.37 Å². The Bertz CT molecular complexity index is 747. The number of hydrogen-bond acceptors (Lipinski definition) is 6. The van der Waals surface area contributed by atoms with Crippen LogP contribution in [0.4, 0.5) is 5.13 Å². The van der Waals surface area contributed by atoms with E-state index in [0.717, 1.165) is 41.7 Å². The molecule has 1 aliphatic heterocycles. The van der Waals surface area contributed by atoms with E-state index in [1.54, 1.807) is 7.11 Å². The van der Waals surface area contributed by atoms with E-state index in [2.05, 4.69) is 20.7 Å². The van der Waals surface area contributed by atoms with E-state index in [0.29, 0.717) is 13.0 Å². The molecule has 0 spiro atoms. The van der Waals surface area contributed by atoms with Gasteiger partial charge in [-0.05, 0) is 44.4 Å². The summed E-state index contributed by atoms with van der Waals surface area (Å²) in [5.74, 6) is 1.82. The summed E-state index contributed by atoms with van der Waals surface area (Å²) in [5.41, 5.74) is 1.13. The molecule has 2 aromatic rings. The summed E-state index contributed by atoms with van der Waals surface area (Å²) in [7, 11) is 1.67. The van der Waals surface area contributed by atoms with Gasteiger partial charge in [0.25, 0.3) is 0 Å². The first kappa shape index (κ1) is 18.6. The molecule has 1 N–H and O–H groups in total. The molecule has 1 saturated heterocycles. The van der Waals surface area contributed by atoms with Gasteiger partial charge < -0.3 is 15.0 Å². The van der Waals surface area contributed by atoms with Crippen molar-refractivity contribution in [1.82, 2.24) is 14.7 Å². The van der Waals surface area contributed by atoms with Crippen molar-refractivity contribution >= 4 is 22.6 Å². The number of ether oxygens (including phenoxy) is 1. The van der Waals surface area contributed by atoms with Crippen LogP contribution in [0.25, 0.3) is 0 Å². The highest BCUT2D eigenvalue weighted by molar-refractivity contribution is 7.09. The predicted molar refractivity (Wildman–Crippen MR) is 104 cm³/mol. The Labute approximate surface area is 158 Å².